The van der Waals surface area contributed by atoms with Crippen LogP contribution in [-0.4, -0.2) is 64.6 Å². The third-order valence-corrected chi connectivity index (χ3v) is 4.79. The van der Waals surface area contributed by atoms with Gasteiger partial charge in [-0.2, -0.15) is 5.10 Å². The van der Waals surface area contributed by atoms with Gasteiger partial charge in [-0.1, -0.05) is 0 Å². The van der Waals surface area contributed by atoms with Crippen LogP contribution in [0.15, 0.2) is 48.8 Å². The van der Waals surface area contributed by atoms with E-state index in [0.29, 0.717) is 24.5 Å². The van der Waals surface area contributed by atoms with E-state index in [0.717, 1.165) is 6.07 Å². The highest BCUT2D eigenvalue weighted by Gasteiger charge is 2.32. The number of hydrogen-bond donors (Lipinski definition) is 1. The Morgan fingerprint density at radius 1 is 1.18 bits per heavy atom. The van der Waals surface area contributed by atoms with Crippen molar-refractivity contribution in [3.05, 3.63) is 54.5 Å². The largest absolute Gasteiger partial charge is 0.573 e. The van der Waals surface area contributed by atoms with Crippen LogP contribution in [0.5, 0.6) is 11.5 Å². The van der Waals surface area contributed by atoms with Crippen LogP contribution >= 0.6 is 0 Å². The molecule has 0 spiro atoms. The lowest BCUT2D eigenvalue weighted by Crippen LogP contribution is -2.50. The molecule has 0 unspecified atom stereocenters. The predicted molar refractivity (Wildman–Crippen MR) is 109 cm³/mol. The quantitative estimate of drug-likeness (QED) is 0.627. The van der Waals surface area contributed by atoms with Crippen LogP contribution in [-0.2, 0) is 4.79 Å². The molecule has 1 aliphatic heterocycles. The number of amides is 2. The van der Waals surface area contributed by atoms with Crippen LogP contribution in [0, 0.1) is 0 Å². The van der Waals surface area contributed by atoms with Crippen molar-refractivity contribution < 1.29 is 32.2 Å². The maximum absolute atomic E-state index is 13.0. The van der Waals surface area contributed by atoms with Gasteiger partial charge in [0.15, 0.2) is 5.69 Å². The van der Waals surface area contributed by atoms with E-state index < -0.39 is 18.0 Å². The highest BCUT2D eigenvalue weighted by molar-refractivity contribution is 5.96. The minimum Gasteiger partial charge on any atom is -0.497 e. The van der Waals surface area contributed by atoms with Gasteiger partial charge >= 0.3 is 6.36 Å². The summed E-state index contributed by atoms with van der Waals surface area (Å²) in [6.45, 7) is 0.508. The first-order chi connectivity index (χ1) is 15.7. The lowest BCUT2D eigenvalue weighted by Gasteiger charge is -2.25. The molecule has 0 atom stereocenters. The van der Waals surface area contributed by atoms with Gasteiger partial charge in [0.05, 0.1) is 31.2 Å². The summed E-state index contributed by atoms with van der Waals surface area (Å²) in [5.74, 6) is -1.14. The summed E-state index contributed by atoms with van der Waals surface area (Å²) >= 11 is 0. The molecule has 3 heterocycles. The van der Waals surface area contributed by atoms with Crippen molar-refractivity contribution in [1.82, 2.24) is 25.0 Å². The van der Waals surface area contributed by atoms with Crippen molar-refractivity contribution in [1.29, 1.82) is 0 Å². The molecule has 0 radical (unpaired) electrons. The summed E-state index contributed by atoms with van der Waals surface area (Å²) in [7, 11) is 1.31. The standard InChI is InChI=1S/C21H18F3N5O4/c1-32-15-7-13(8-16(9-15)33-21(22,23)24)18-10-17(20(31)28-6-5-26-19(30)12-28)27-29(18)14-3-2-4-25-11-14/h2-4,7-11H,5-6,12H2,1H3,(H,26,30). The molecule has 1 saturated heterocycles. The second-order valence-electron chi connectivity index (χ2n) is 7.06. The molecular formula is C21H18F3N5O4. The van der Waals surface area contributed by atoms with E-state index in [1.54, 1.807) is 18.3 Å². The summed E-state index contributed by atoms with van der Waals surface area (Å²) in [5.41, 5.74) is 1.06. The van der Waals surface area contributed by atoms with Gasteiger partial charge in [0.2, 0.25) is 5.91 Å². The highest BCUT2D eigenvalue weighted by Crippen LogP contribution is 2.34. The van der Waals surface area contributed by atoms with Gasteiger partial charge < -0.3 is 19.7 Å². The number of carbonyl (C=O) groups excluding carboxylic acids is 2. The summed E-state index contributed by atoms with van der Waals surface area (Å²) in [6, 6.07) is 8.53. The summed E-state index contributed by atoms with van der Waals surface area (Å²) in [5, 5.41) is 7.00. The third-order valence-electron chi connectivity index (χ3n) is 4.79. The lowest BCUT2D eigenvalue weighted by molar-refractivity contribution is -0.274. The maximum Gasteiger partial charge on any atom is 0.573 e. The zero-order valence-corrected chi connectivity index (χ0v) is 17.3. The number of piperazine rings is 1. The average Bonchev–Trinajstić information content (AvgIpc) is 3.23. The number of methoxy groups -OCH3 is 1. The first-order valence-electron chi connectivity index (χ1n) is 9.75. The van der Waals surface area contributed by atoms with Crippen molar-refractivity contribution in [2.75, 3.05) is 26.7 Å². The number of benzene rings is 1. The van der Waals surface area contributed by atoms with E-state index in [1.807, 2.05) is 0 Å². The molecule has 1 fully saturated rings. The summed E-state index contributed by atoms with van der Waals surface area (Å²) in [6.07, 6.45) is -1.86. The van der Waals surface area contributed by atoms with E-state index in [-0.39, 0.29) is 29.5 Å². The number of ether oxygens (including phenoxy) is 2. The van der Waals surface area contributed by atoms with Crippen LogP contribution in [0.3, 0.4) is 0 Å². The molecule has 0 bridgehead atoms. The Kier molecular flexibility index (Phi) is 5.90. The minimum atomic E-state index is -4.90. The zero-order valence-electron chi connectivity index (χ0n) is 17.3. The Labute approximate surface area is 185 Å². The fourth-order valence-corrected chi connectivity index (χ4v) is 3.37. The fraction of sp³-hybridized carbons (Fsp3) is 0.238. The number of pyridine rings is 1. The number of nitrogens with zero attached hydrogens (tertiary/aromatic N) is 4. The number of aromatic nitrogens is 3. The van der Waals surface area contributed by atoms with Crippen LogP contribution < -0.4 is 14.8 Å². The molecule has 12 heteroatoms. The topological polar surface area (TPSA) is 98.6 Å². The van der Waals surface area contributed by atoms with E-state index in [1.165, 1.54) is 41.1 Å². The van der Waals surface area contributed by atoms with Crippen LogP contribution in [0.2, 0.25) is 0 Å². The van der Waals surface area contributed by atoms with Crippen molar-refractivity contribution in [2.24, 2.45) is 0 Å². The number of alkyl halides is 3. The Bertz CT molecular complexity index is 1180. The molecule has 1 aliphatic rings. The van der Waals surface area contributed by atoms with Gasteiger partial charge in [0.25, 0.3) is 5.91 Å². The Hall–Kier alpha value is -4.09. The lowest BCUT2D eigenvalue weighted by atomic mass is 10.1. The number of hydrogen-bond acceptors (Lipinski definition) is 6. The zero-order chi connectivity index (χ0) is 23.6. The third kappa shape index (κ3) is 5.05. The second kappa shape index (κ2) is 8.81. The van der Waals surface area contributed by atoms with E-state index >= 15 is 0 Å². The van der Waals surface area contributed by atoms with Crippen molar-refractivity contribution in [2.45, 2.75) is 6.36 Å². The molecular weight excluding hydrogens is 443 g/mol. The van der Waals surface area contributed by atoms with Crippen LogP contribution in [0.4, 0.5) is 13.2 Å². The SMILES string of the molecule is COc1cc(OC(F)(F)F)cc(-c2cc(C(=O)N3CCNC(=O)C3)nn2-c2cccnc2)c1. The van der Waals surface area contributed by atoms with Crippen molar-refractivity contribution in [3.63, 3.8) is 0 Å². The fourth-order valence-electron chi connectivity index (χ4n) is 3.37. The molecule has 2 aromatic heterocycles. The molecule has 1 aromatic carbocycles. The van der Waals surface area contributed by atoms with Crippen molar-refractivity contribution in [3.8, 4) is 28.4 Å². The van der Waals surface area contributed by atoms with Gasteiger partial charge in [0.1, 0.15) is 11.5 Å². The minimum absolute atomic E-state index is 0.0182. The molecule has 172 valence electrons. The molecule has 4 rings (SSSR count). The number of nitrogens with one attached hydrogen (secondary N) is 1. The summed E-state index contributed by atoms with van der Waals surface area (Å²) < 4.78 is 49.1. The second-order valence-corrected chi connectivity index (χ2v) is 7.06. The van der Waals surface area contributed by atoms with E-state index in [9.17, 15) is 22.8 Å². The monoisotopic (exact) mass is 461 g/mol. The normalized spacial score (nSPS) is 14.1. The maximum atomic E-state index is 13.0. The van der Waals surface area contributed by atoms with Gasteiger partial charge in [-0.3, -0.25) is 14.6 Å². The molecule has 3 aromatic rings. The first-order valence-corrected chi connectivity index (χ1v) is 9.75. The number of rotatable bonds is 5. The Morgan fingerprint density at radius 2 is 1.97 bits per heavy atom. The van der Waals surface area contributed by atoms with Crippen LogP contribution in [0.1, 0.15) is 10.5 Å². The number of carbonyl (C=O) groups is 2. The number of halogens is 3. The Morgan fingerprint density at radius 3 is 2.64 bits per heavy atom. The van der Waals surface area contributed by atoms with E-state index in [2.05, 4.69) is 20.1 Å². The van der Waals surface area contributed by atoms with Gasteiger partial charge in [-0.15, -0.1) is 13.2 Å². The average molecular weight is 461 g/mol. The molecule has 9 nitrogen and oxygen atoms in total. The summed E-state index contributed by atoms with van der Waals surface area (Å²) in [4.78, 5) is 30.1. The smallest absolute Gasteiger partial charge is 0.497 e. The van der Waals surface area contributed by atoms with Gasteiger partial charge in [0, 0.05) is 30.9 Å². The predicted octanol–water partition coefficient (Wildman–Crippen LogP) is 2.41. The highest BCUT2D eigenvalue weighted by atomic mass is 19.4. The Balaban J connectivity index is 1.81. The molecule has 33 heavy (non-hydrogen) atoms. The van der Waals surface area contributed by atoms with Crippen molar-refractivity contribution >= 4 is 11.8 Å². The first kappa shape index (κ1) is 22.1. The molecule has 1 N–H and O–H groups in total. The molecule has 0 aliphatic carbocycles. The van der Waals surface area contributed by atoms with E-state index in [4.69, 9.17) is 4.74 Å². The molecule has 0 saturated carbocycles. The van der Waals surface area contributed by atoms with Gasteiger partial charge in [-0.05, 0) is 30.3 Å². The van der Waals surface area contributed by atoms with Crippen LogP contribution in [0.25, 0.3) is 16.9 Å². The van der Waals surface area contributed by atoms with Gasteiger partial charge in [-0.25, -0.2) is 4.68 Å². The molecule has 2 amide bonds.